The molecular weight excluding hydrogens is 289 g/mol. The van der Waals surface area contributed by atoms with Crippen molar-refractivity contribution in [1.82, 2.24) is 15.5 Å². The SMILES string of the molecule is CCNCc1nnc(-c2cc(F)cc(Br)c2)o1. The van der Waals surface area contributed by atoms with Crippen LogP contribution in [0.4, 0.5) is 4.39 Å². The van der Waals surface area contributed by atoms with Crippen molar-refractivity contribution in [1.29, 1.82) is 0 Å². The second-order valence-electron chi connectivity index (χ2n) is 3.44. The van der Waals surface area contributed by atoms with Crippen LogP contribution in [0, 0.1) is 5.82 Å². The maximum atomic E-state index is 13.2. The second kappa shape index (κ2) is 5.37. The number of rotatable bonds is 4. The monoisotopic (exact) mass is 299 g/mol. The molecule has 1 N–H and O–H groups in total. The largest absolute Gasteiger partial charge is 0.419 e. The number of benzene rings is 1. The molecule has 0 aliphatic heterocycles. The Hall–Kier alpha value is -1.27. The van der Waals surface area contributed by atoms with E-state index >= 15 is 0 Å². The molecule has 0 fully saturated rings. The van der Waals surface area contributed by atoms with Gasteiger partial charge in [0.1, 0.15) is 5.82 Å². The molecule has 0 saturated carbocycles. The maximum Gasteiger partial charge on any atom is 0.247 e. The molecule has 0 amide bonds. The van der Waals surface area contributed by atoms with Crippen molar-refractivity contribution in [2.75, 3.05) is 6.54 Å². The zero-order valence-corrected chi connectivity index (χ0v) is 10.8. The van der Waals surface area contributed by atoms with Gasteiger partial charge in [0.2, 0.25) is 11.8 Å². The average molecular weight is 300 g/mol. The lowest BCUT2D eigenvalue weighted by molar-refractivity contribution is 0.481. The Labute approximate surface area is 106 Å². The molecule has 1 heterocycles. The van der Waals surface area contributed by atoms with Gasteiger partial charge in [0.05, 0.1) is 6.54 Å². The van der Waals surface area contributed by atoms with E-state index in [4.69, 9.17) is 4.42 Å². The van der Waals surface area contributed by atoms with E-state index in [2.05, 4.69) is 31.4 Å². The number of halogens is 2. The van der Waals surface area contributed by atoms with Gasteiger partial charge in [-0.25, -0.2) is 4.39 Å². The minimum atomic E-state index is -0.346. The van der Waals surface area contributed by atoms with E-state index in [1.165, 1.54) is 12.1 Å². The summed E-state index contributed by atoms with van der Waals surface area (Å²) < 4.78 is 19.2. The molecule has 1 aromatic heterocycles. The normalized spacial score (nSPS) is 10.8. The molecule has 0 aliphatic carbocycles. The third-order valence-corrected chi connectivity index (χ3v) is 2.56. The summed E-state index contributed by atoms with van der Waals surface area (Å²) in [5.74, 6) is 0.459. The van der Waals surface area contributed by atoms with Gasteiger partial charge in [0, 0.05) is 10.0 Å². The van der Waals surface area contributed by atoms with Gasteiger partial charge >= 0.3 is 0 Å². The molecule has 0 saturated heterocycles. The quantitative estimate of drug-likeness (QED) is 0.943. The Morgan fingerprint density at radius 1 is 1.35 bits per heavy atom. The van der Waals surface area contributed by atoms with E-state index in [1.54, 1.807) is 6.07 Å². The Morgan fingerprint density at radius 3 is 2.88 bits per heavy atom. The van der Waals surface area contributed by atoms with Crippen LogP contribution in [-0.4, -0.2) is 16.7 Å². The van der Waals surface area contributed by atoms with Crippen molar-refractivity contribution in [3.63, 3.8) is 0 Å². The summed E-state index contributed by atoms with van der Waals surface area (Å²) in [4.78, 5) is 0. The lowest BCUT2D eigenvalue weighted by atomic mass is 10.2. The van der Waals surface area contributed by atoms with Gasteiger partial charge in [-0.2, -0.15) is 0 Å². The average Bonchev–Trinajstić information content (AvgIpc) is 2.73. The van der Waals surface area contributed by atoms with Crippen molar-refractivity contribution in [2.24, 2.45) is 0 Å². The molecule has 2 aromatic rings. The first-order chi connectivity index (χ1) is 8.19. The first kappa shape index (κ1) is 12.2. The Morgan fingerprint density at radius 2 is 2.18 bits per heavy atom. The first-order valence-electron chi connectivity index (χ1n) is 5.18. The summed E-state index contributed by atoms with van der Waals surface area (Å²) >= 11 is 3.22. The molecule has 17 heavy (non-hydrogen) atoms. The summed E-state index contributed by atoms with van der Waals surface area (Å²) in [6, 6.07) is 4.46. The topological polar surface area (TPSA) is 51.0 Å². The fourth-order valence-electron chi connectivity index (χ4n) is 1.35. The van der Waals surface area contributed by atoms with Crippen LogP contribution >= 0.6 is 15.9 Å². The van der Waals surface area contributed by atoms with Crippen molar-refractivity contribution < 1.29 is 8.81 Å². The van der Waals surface area contributed by atoms with Crippen molar-refractivity contribution >= 4 is 15.9 Å². The van der Waals surface area contributed by atoms with E-state index in [0.717, 1.165) is 6.54 Å². The highest BCUT2D eigenvalue weighted by Crippen LogP contribution is 2.23. The summed E-state index contributed by atoms with van der Waals surface area (Å²) in [5, 5.41) is 10.8. The molecule has 0 unspecified atom stereocenters. The van der Waals surface area contributed by atoms with Gasteiger partial charge in [0.25, 0.3) is 0 Å². The molecule has 0 spiro atoms. The van der Waals surface area contributed by atoms with E-state index in [9.17, 15) is 4.39 Å². The smallest absolute Gasteiger partial charge is 0.247 e. The van der Waals surface area contributed by atoms with E-state index in [-0.39, 0.29) is 5.82 Å². The van der Waals surface area contributed by atoms with Gasteiger partial charge in [-0.15, -0.1) is 10.2 Å². The molecule has 2 rings (SSSR count). The lowest BCUT2D eigenvalue weighted by Gasteiger charge is -1.97. The molecule has 4 nitrogen and oxygen atoms in total. The van der Waals surface area contributed by atoms with Crippen LogP contribution in [0.25, 0.3) is 11.5 Å². The van der Waals surface area contributed by atoms with Gasteiger partial charge in [0.15, 0.2) is 0 Å². The van der Waals surface area contributed by atoms with Gasteiger partial charge in [-0.1, -0.05) is 22.9 Å². The van der Waals surface area contributed by atoms with Crippen molar-refractivity contribution in [3.8, 4) is 11.5 Å². The molecule has 0 bridgehead atoms. The van der Waals surface area contributed by atoms with E-state index in [1.807, 2.05) is 6.92 Å². The van der Waals surface area contributed by atoms with Crippen LogP contribution in [0.15, 0.2) is 27.1 Å². The minimum absolute atomic E-state index is 0.318. The Bertz CT molecular complexity index is 495. The van der Waals surface area contributed by atoms with Gasteiger partial charge in [-0.3, -0.25) is 0 Å². The van der Waals surface area contributed by atoms with E-state index < -0.39 is 0 Å². The third-order valence-electron chi connectivity index (χ3n) is 2.10. The molecule has 90 valence electrons. The highest BCUT2D eigenvalue weighted by Gasteiger charge is 2.09. The summed E-state index contributed by atoms with van der Waals surface area (Å²) in [7, 11) is 0. The summed E-state index contributed by atoms with van der Waals surface area (Å²) in [6.45, 7) is 3.32. The highest BCUT2D eigenvalue weighted by atomic mass is 79.9. The number of nitrogens with one attached hydrogen (secondary N) is 1. The number of hydrogen-bond donors (Lipinski definition) is 1. The maximum absolute atomic E-state index is 13.2. The summed E-state index contributed by atoms with van der Waals surface area (Å²) in [5.41, 5.74) is 0.562. The van der Waals surface area contributed by atoms with Crippen molar-refractivity contribution in [2.45, 2.75) is 13.5 Å². The first-order valence-corrected chi connectivity index (χ1v) is 5.98. The van der Waals surface area contributed by atoms with Crippen LogP contribution in [0.2, 0.25) is 0 Å². The predicted octanol–water partition coefficient (Wildman–Crippen LogP) is 2.75. The zero-order chi connectivity index (χ0) is 12.3. The van der Waals surface area contributed by atoms with Gasteiger partial charge in [-0.05, 0) is 24.7 Å². The number of aromatic nitrogens is 2. The van der Waals surface area contributed by atoms with Gasteiger partial charge < -0.3 is 9.73 Å². The highest BCUT2D eigenvalue weighted by molar-refractivity contribution is 9.10. The third kappa shape index (κ3) is 3.10. The minimum Gasteiger partial charge on any atom is -0.419 e. The molecular formula is C11H11BrFN3O. The van der Waals surface area contributed by atoms with Crippen LogP contribution in [-0.2, 0) is 6.54 Å². The van der Waals surface area contributed by atoms with Crippen LogP contribution in [0.5, 0.6) is 0 Å². The molecule has 0 atom stereocenters. The molecule has 0 aliphatic rings. The van der Waals surface area contributed by atoms with Crippen molar-refractivity contribution in [3.05, 3.63) is 34.4 Å². The summed E-state index contributed by atoms with van der Waals surface area (Å²) in [6.07, 6.45) is 0. The lowest BCUT2D eigenvalue weighted by Crippen LogP contribution is -2.11. The number of nitrogens with zero attached hydrogens (tertiary/aromatic N) is 2. The predicted molar refractivity (Wildman–Crippen MR) is 64.8 cm³/mol. The fourth-order valence-corrected chi connectivity index (χ4v) is 1.82. The molecule has 6 heteroatoms. The molecule has 1 aromatic carbocycles. The molecule has 0 radical (unpaired) electrons. The fraction of sp³-hybridized carbons (Fsp3) is 0.273. The number of hydrogen-bond acceptors (Lipinski definition) is 4. The van der Waals surface area contributed by atoms with E-state index in [0.29, 0.717) is 28.4 Å². The Kier molecular flexibility index (Phi) is 3.86. The van der Waals surface area contributed by atoms with Crippen LogP contribution in [0.1, 0.15) is 12.8 Å². The van der Waals surface area contributed by atoms with Crippen LogP contribution in [0.3, 0.4) is 0 Å². The zero-order valence-electron chi connectivity index (χ0n) is 9.20. The Balaban J connectivity index is 2.24. The second-order valence-corrected chi connectivity index (χ2v) is 4.36. The standard InChI is InChI=1S/C11H11BrFN3O/c1-2-14-6-10-15-16-11(17-10)7-3-8(12)5-9(13)4-7/h3-5,14H,2,6H2,1H3. The van der Waals surface area contributed by atoms with Crippen LogP contribution < -0.4 is 5.32 Å².